The van der Waals surface area contributed by atoms with Gasteiger partial charge in [-0.2, -0.15) is 4.98 Å². The minimum absolute atomic E-state index is 0.359. The van der Waals surface area contributed by atoms with Crippen molar-refractivity contribution >= 4 is 34.1 Å². The van der Waals surface area contributed by atoms with Crippen molar-refractivity contribution in [2.45, 2.75) is 6.54 Å². The number of nitrogens with one attached hydrogen (secondary N) is 1. The Morgan fingerprint density at radius 3 is 2.90 bits per heavy atom. The van der Waals surface area contributed by atoms with E-state index in [-0.39, 0.29) is 0 Å². The standard InChI is InChI=1S/C20H16ClN7O/c1-27-19-20(25-18(11-24-19)29-16-8-15(21)9-22-10-16)28(26-27)12-13-4-5-17-14(7-13)3-2-6-23-17/h2-11,26H,12H2,1H3. The summed E-state index contributed by atoms with van der Waals surface area (Å²) in [6, 6.07) is 11.8. The summed E-state index contributed by atoms with van der Waals surface area (Å²) in [6.07, 6.45) is 6.49. The second-order valence-corrected chi connectivity index (χ2v) is 7.01. The zero-order valence-corrected chi connectivity index (χ0v) is 16.2. The molecule has 8 nitrogen and oxygen atoms in total. The van der Waals surface area contributed by atoms with Crippen LogP contribution in [0.4, 0.5) is 11.6 Å². The van der Waals surface area contributed by atoms with Crippen LogP contribution in [-0.4, -0.2) is 27.0 Å². The fraction of sp³-hybridized carbons (Fsp3) is 0.100. The zero-order chi connectivity index (χ0) is 19.8. The molecule has 4 heterocycles. The maximum atomic E-state index is 5.97. The number of aromatic nitrogens is 4. The van der Waals surface area contributed by atoms with E-state index in [0.29, 0.717) is 34.8 Å². The summed E-state index contributed by atoms with van der Waals surface area (Å²) in [5, 5.41) is 5.32. The maximum Gasteiger partial charge on any atom is 0.240 e. The Labute approximate surface area is 171 Å². The quantitative estimate of drug-likeness (QED) is 0.550. The van der Waals surface area contributed by atoms with Crippen molar-refractivity contribution in [2.75, 3.05) is 17.1 Å². The third kappa shape index (κ3) is 3.51. The second-order valence-electron chi connectivity index (χ2n) is 6.57. The van der Waals surface area contributed by atoms with E-state index in [2.05, 4.69) is 37.6 Å². The monoisotopic (exact) mass is 405 g/mol. The summed E-state index contributed by atoms with van der Waals surface area (Å²) in [7, 11) is 1.89. The molecule has 1 aromatic carbocycles. The zero-order valence-electron chi connectivity index (χ0n) is 15.5. The number of pyridine rings is 2. The van der Waals surface area contributed by atoms with Gasteiger partial charge in [0.2, 0.25) is 5.88 Å². The van der Waals surface area contributed by atoms with E-state index in [9.17, 15) is 0 Å². The molecule has 0 bridgehead atoms. The number of hydrogen-bond donors (Lipinski definition) is 1. The van der Waals surface area contributed by atoms with E-state index in [1.807, 2.05) is 35.3 Å². The highest BCUT2D eigenvalue weighted by molar-refractivity contribution is 6.30. The van der Waals surface area contributed by atoms with Gasteiger partial charge in [-0.25, -0.2) is 4.98 Å². The fourth-order valence-electron chi connectivity index (χ4n) is 3.19. The highest BCUT2D eigenvalue weighted by Crippen LogP contribution is 2.32. The number of halogens is 1. The van der Waals surface area contributed by atoms with Gasteiger partial charge in [0.15, 0.2) is 11.6 Å². The van der Waals surface area contributed by atoms with Crippen LogP contribution < -0.4 is 20.3 Å². The molecule has 0 saturated carbocycles. The number of fused-ring (bicyclic) bond motifs is 2. The predicted molar refractivity (Wildman–Crippen MR) is 111 cm³/mol. The van der Waals surface area contributed by atoms with E-state index in [1.54, 1.807) is 30.9 Å². The first-order chi connectivity index (χ1) is 14.2. The largest absolute Gasteiger partial charge is 0.436 e. The lowest BCUT2D eigenvalue weighted by Crippen LogP contribution is -2.41. The summed E-state index contributed by atoms with van der Waals surface area (Å²) in [4.78, 5) is 17.5. The van der Waals surface area contributed by atoms with E-state index in [0.717, 1.165) is 16.5 Å². The summed E-state index contributed by atoms with van der Waals surface area (Å²) >= 11 is 5.97. The first-order valence-electron chi connectivity index (χ1n) is 8.92. The van der Waals surface area contributed by atoms with E-state index < -0.39 is 0 Å². The molecule has 0 atom stereocenters. The topological polar surface area (TPSA) is 79.3 Å². The van der Waals surface area contributed by atoms with Gasteiger partial charge < -0.3 is 4.74 Å². The molecule has 3 aromatic heterocycles. The molecule has 0 spiro atoms. The lowest BCUT2D eigenvalue weighted by atomic mass is 10.1. The number of anilines is 2. The number of rotatable bonds is 4. The molecule has 29 heavy (non-hydrogen) atoms. The highest BCUT2D eigenvalue weighted by atomic mass is 35.5. The van der Waals surface area contributed by atoms with Crippen molar-refractivity contribution in [1.82, 2.24) is 25.5 Å². The number of benzene rings is 1. The third-order valence-corrected chi connectivity index (χ3v) is 4.67. The molecule has 9 heteroatoms. The predicted octanol–water partition coefficient (Wildman–Crippen LogP) is 3.74. The van der Waals surface area contributed by atoms with Crippen LogP contribution in [0, 0.1) is 0 Å². The normalized spacial score (nSPS) is 13.0. The van der Waals surface area contributed by atoms with Crippen molar-refractivity contribution in [3.05, 3.63) is 71.8 Å². The lowest BCUT2D eigenvalue weighted by molar-refractivity contribution is 0.458. The Morgan fingerprint density at radius 1 is 1.07 bits per heavy atom. The second kappa shape index (κ2) is 7.16. The molecular weight excluding hydrogens is 390 g/mol. The van der Waals surface area contributed by atoms with Crippen LogP contribution >= 0.6 is 11.6 Å². The first kappa shape index (κ1) is 17.6. The van der Waals surface area contributed by atoms with Crippen molar-refractivity contribution < 1.29 is 4.74 Å². The molecule has 144 valence electrons. The summed E-state index contributed by atoms with van der Waals surface area (Å²) in [6.45, 7) is 0.596. The molecule has 0 aliphatic carbocycles. The Kier molecular flexibility index (Phi) is 4.34. The van der Waals surface area contributed by atoms with E-state index in [4.69, 9.17) is 16.3 Å². The SMILES string of the molecule is CN1NN(Cc2ccc3ncccc3c2)c2nc(Oc3cncc(Cl)c3)cnc21. The van der Waals surface area contributed by atoms with E-state index in [1.165, 1.54) is 0 Å². The molecule has 0 fully saturated rings. The Balaban J connectivity index is 1.43. The van der Waals surface area contributed by atoms with Crippen LogP contribution in [0.25, 0.3) is 10.9 Å². The summed E-state index contributed by atoms with van der Waals surface area (Å²) in [5.41, 5.74) is 5.34. The minimum atomic E-state index is 0.359. The Morgan fingerprint density at radius 2 is 2.00 bits per heavy atom. The summed E-state index contributed by atoms with van der Waals surface area (Å²) in [5.74, 6) is 2.24. The Hall–Kier alpha value is -3.49. The van der Waals surface area contributed by atoms with Crippen LogP contribution in [0.5, 0.6) is 11.6 Å². The van der Waals surface area contributed by atoms with Gasteiger partial charge >= 0.3 is 0 Å². The maximum absolute atomic E-state index is 5.97. The molecule has 0 unspecified atom stereocenters. The molecule has 4 aromatic rings. The third-order valence-electron chi connectivity index (χ3n) is 4.47. The summed E-state index contributed by atoms with van der Waals surface area (Å²) < 4.78 is 5.77. The number of hydrazine groups is 2. The smallest absolute Gasteiger partial charge is 0.240 e. The number of ether oxygens (including phenoxy) is 1. The van der Waals surface area contributed by atoms with Crippen molar-refractivity contribution in [1.29, 1.82) is 0 Å². The Bertz CT molecular complexity index is 1200. The average Bonchev–Trinajstić information content (AvgIpc) is 3.03. The van der Waals surface area contributed by atoms with Gasteiger partial charge in [0.1, 0.15) is 5.75 Å². The van der Waals surface area contributed by atoms with Gasteiger partial charge in [0.25, 0.3) is 0 Å². The van der Waals surface area contributed by atoms with Crippen molar-refractivity contribution in [2.24, 2.45) is 0 Å². The molecule has 0 saturated heterocycles. The van der Waals surface area contributed by atoms with Gasteiger partial charge in [-0.15, -0.1) is 5.53 Å². The van der Waals surface area contributed by atoms with Gasteiger partial charge in [0, 0.05) is 30.9 Å². The van der Waals surface area contributed by atoms with Crippen molar-refractivity contribution in [3.8, 4) is 11.6 Å². The molecule has 5 rings (SSSR count). The molecule has 0 radical (unpaired) electrons. The van der Waals surface area contributed by atoms with Gasteiger partial charge in [-0.3, -0.25) is 20.0 Å². The molecule has 1 aliphatic rings. The van der Waals surface area contributed by atoms with Crippen LogP contribution in [-0.2, 0) is 6.54 Å². The fourth-order valence-corrected chi connectivity index (χ4v) is 3.35. The molecular formula is C20H16ClN7O. The lowest BCUT2D eigenvalue weighted by Gasteiger charge is -2.19. The molecule has 1 N–H and O–H groups in total. The van der Waals surface area contributed by atoms with Crippen LogP contribution in [0.3, 0.4) is 0 Å². The molecule has 0 amide bonds. The highest BCUT2D eigenvalue weighted by Gasteiger charge is 2.27. The first-order valence-corrected chi connectivity index (χ1v) is 9.30. The molecule has 1 aliphatic heterocycles. The number of hydrogen-bond acceptors (Lipinski definition) is 8. The van der Waals surface area contributed by atoms with Gasteiger partial charge in [-0.1, -0.05) is 23.7 Å². The number of nitrogens with zero attached hydrogens (tertiary/aromatic N) is 6. The van der Waals surface area contributed by atoms with Gasteiger partial charge in [0.05, 0.1) is 29.5 Å². The van der Waals surface area contributed by atoms with Crippen LogP contribution in [0.2, 0.25) is 5.02 Å². The van der Waals surface area contributed by atoms with Gasteiger partial charge in [-0.05, 0) is 23.8 Å². The minimum Gasteiger partial charge on any atom is -0.436 e. The van der Waals surface area contributed by atoms with E-state index >= 15 is 0 Å². The van der Waals surface area contributed by atoms with Crippen molar-refractivity contribution in [3.63, 3.8) is 0 Å². The van der Waals surface area contributed by atoms with Crippen LogP contribution in [0.15, 0.2) is 61.2 Å². The van der Waals surface area contributed by atoms with Crippen LogP contribution in [0.1, 0.15) is 5.56 Å². The average molecular weight is 406 g/mol.